The number of piperidine rings is 1. The van der Waals surface area contributed by atoms with Crippen molar-refractivity contribution < 1.29 is 18.8 Å². The Morgan fingerprint density at radius 2 is 2.00 bits per heavy atom. The molecule has 2 fully saturated rings. The number of hydrogen-bond donors (Lipinski definition) is 2. The van der Waals surface area contributed by atoms with E-state index in [9.17, 15) is 24.0 Å². The summed E-state index contributed by atoms with van der Waals surface area (Å²) in [6, 6.07) is 10.9. The third-order valence-electron chi connectivity index (χ3n) is 7.03. The minimum atomic E-state index is -1.26. The number of nitriles is 1. The lowest BCUT2D eigenvalue weighted by molar-refractivity contribution is -0.143. The van der Waals surface area contributed by atoms with E-state index in [4.69, 9.17) is 17.3 Å². The van der Waals surface area contributed by atoms with E-state index in [0.717, 1.165) is 12.8 Å². The first-order chi connectivity index (χ1) is 17.3. The van der Waals surface area contributed by atoms with Gasteiger partial charge in [0, 0.05) is 17.0 Å². The molecule has 2 heterocycles. The maximum absolute atomic E-state index is 14.5. The number of fused-ring (bicyclic) bond motifs is 3. The summed E-state index contributed by atoms with van der Waals surface area (Å²) >= 11 is 5.85. The SMILES string of the molecule is N#CC(NC(=O)[C@@H]1[C@H]2CC[C@H](C2)N1C(=O)Cn1nc(C(N)=O)c2ccccc21)c1cccc(Cl)c1F. The van der Waals surface area contributed by atoms with E-state index in [2.05, 4.69) is 10.4 Å². The number of nitrogens with zero attached hydrogens (tertiary/aromatic N) is 4. The van der Waals surface area contributed by atoms with Crippen molar-refractivity contribution in [3.63, 3.8) is 0 Å². The molecule has 1 aliphatic heterocycles. The Hall–Kier alpha value is -3.97. The fourth-order valence-electron chi connectivity index (χ4n) is 5.47. The second kappa shape index (κ2) is 9.24. The summed E-state index contributed by atoms with van der Waals surface area (Å²) in [5.74, 6) is -2.41. The predicted octanol–water partition coefficient (Wildman–Crippen LogP) is 2.69. The maximum atomic E-state index is 14.5. The molecule has 2 bridgehead atoms. The zero-order valence-electron chi connectivity index (χ0n) is 19.0. The van der Waals surface area contributed by atoms with Gasteiger partial charge in [-0.1, -0.05) is 41.9 Å². The van der Waals surface area contributed by atoms with Gasteiger partial charge in [-0.25, -0.2) is 4.39 Å². The van der Waals surface area contributed by atoms with Gasteiger partial charge >= 0.3 is 0 Å². The number of benzene rings is 2. The van der Waals surface area contributed by atoms with E-state index < -0.39 is 29.7 Å². The molecule has 11 heteroatoms. The summed E-state index contributed by atoms with van der Waals surface area (Å²) in [5.41, 5.74) is 6.06. The Bertz CT molecular complexity index is 1430. The van der Waals surface area contributed by atoms with Gasteiger partial charge in [-0.15, -0.1) is 0 Å². The predicted molar refractivity (Wildman–Crippen MR) is 128 cm³/mol. The van der Waals surface area contributed by atoms with Gasteiger partial charge in [0.05, 0.1) is 16.6 Å². The Kier molecular flexibility index (Phi) is 6.10. The number of halogens is 2. The quantitative estimate of drug-likeness (QED) is 0.528. The van der Waals surface area contributed by atoms with Crippen molar-refractivity contribution >= 4 is 40.2 Å². The fourth-order valence-corrected chi connectivity index (χ4v) is 5.66. The van der Waals surface area contributed by atoms with Gasteiger partial charge in [-0.2, -0.15) is 10.4 Å². The Balaban J connectivity index is 1.40. The van der Waals surface area contributed by atoms with Crippen molar-refractivity contribution in [2.45, 2.75) is 43.9 Å². The topological polar surface area (TPSA) is 134 Å². The average molecular weight is 509 g/mol. The van der Waals surface area contributed by atoms with Crippen LogP contribution in [0.25, 0.3) is 10.9 Å². The van der Waals surface area contributed by atoms with Crippen molar-refractivity contribution in [2.24, 2.45) is 11.7 Å². The monoisotopic (exact) mass is 508 g/mol. The average Bonchev–Trinajstić information content (AvgIpc) is 3.58. The number of rotatable bonds is 6. The zero-order valence-corrected chi connectivity index (χ0v) is 19.8. The van der Waals surface area contributed by atoms with Crippen LogP contribution in [0.1, 0.15) is 41.4 Å². The molecular weight excluding hydrogens is 487 g/mol. The number of amides is 3. The minimum absolute atomic E-state index is 0.0404. The summed E-state index contributed by atoms with van der Waals surface area (Å²) in [5, 5.41) is 16.9. The van der Waals surface area contributed by atoms with E-state index in [0.29, 0.717) is 17.3 Å². The Morgan fingerprint density at radius 1 is 1.22 bits per heavy atom. The highest BCUT2D eigenvalue weighted by molar-refractivity contribution is 6.30. The minimum Gasteiger partial charge on any atom is -0.364 e. The standard InChI is InChI=1S/C25H22ClFN6O3/c26-17-6-3-5-15(21(17)27)18(11-28)30-25(36)23-13-8-9-14(10-13)33(23)20(34)12-32-19-7-2-1-4-16(19)22(31-32)24(29)35/h1-7,13-14,18,23H,8-10,12H2,(H2,29,35)(H,30,36)/t13-,14+,18?,23-/m0/s1. The summed E-state index contributed by atoms with van der Waals surface area (Å²) in [4.78, 5) is 40.2. The normalized spacial score (nSPS) is 21.4. The first kappa shape index (κ1) is 23.8. The molecule has 4 atom stereocenters. The van der Waals surface area contributed by atoms with E-state index in [1.807, 2.05) is 6.07 Å². The fraction of sp³-hybridized carbons (Fsp3) is 0.320. The van der Waals surface area contributed by atoms with Crippen LogP contribution in [0.15, 0.2) is 42.5 Å². The molecule has 1 aliphatic carbocycles. The number of para-hydroxylation sites is 1. The van der Waals surface area contributed by atoms with Gasteiger partial charge in [0.2, 0.25) is 11.8 Å². The van der Waals surface area contributed by atoms with E-state index in [1.54, 1.807) is 29.2 Å². The number of likely N-dealkylation sites (tertiary alicyclic amines) is 1. The highest BCUT2D eigenvalue weighted by Gasteiger charge is 2.51. The first-order valence-electron chi connectivity index (χ1n) is 11.5. The van der Waals surface area contributed by atoms with Crippen LogP contribution in [0.5, 0.6) is 0 Å². The van der Waals surface area contributed by atoms with Crippen LogP contribution < -0.4 is 11.1 Å². The molecule has 36 heavy (non-hydrogen) atoms. The molecule has 1 aromatic heterocycles. The summed E-state index contributed by atoms with van der Waals surface area (Å²) < 4.78 is 15.9. The number of hydrogen-bond acceptors (Lipinski definition) is 5. The molecule has 1 saturated heterocycles. The van der Waals surface area contributed by atoms with Crippen molar-refractivity contribution in [3.8, 4) is 6.07 Å². The summed E-state index contributed by atoms with van der Waals surface area (Å²) in [7, 11) is 0. The van der Waals surface area contributed by atoms with Crippen molar-refractivity contribution in [3.05, 3.63) is 64.6 Å². The third-order valence-corrected chi connectivity index (χ3v) is 7.32. The molecule has 5 rings (SSSR count). The maximum Gasteiger partial charge on any atom is 0.269 e. The smallest absolute Gasteiger partial charge is 0.269 e. The molecule has 0 spiro atoms. The van der Waals surface area contributed by atoms with Crippen molar-refractivity contribution in [1.29, 1.82) is 5.26 Å². The second-order valence-corrected chi connectivity index (χ2v) is 9.48. The molecule has 3 N–H and O–H groups in total. The van der Waals surface area contributed by atoms with E-state index in [-0.39, 0.29) is 40.7 Å². The molecule has 0 radical (unpaired) electrons. The largest absolute Gasteiger partial charge is 0.364 e. The molecule has 1 unspecified atom stereocenters. The number of primary amides is 1. The second-order valence-electron chi connectivity index (χ2n) is 9.07. The van der Waals surface area contributed by atoms with E-state index >= 15 is 0 Å². The highest BCUT2D eigenvalue weighted by atomic mass is 35.5. The number of nitrogens with one attached hydrogen (secondary N) is 1. The lowest BCUT2D eigenvalue weighted by Gasteiger charge is -2.35. The van der Waals surface area contributed by atoms with Gasteiger partial charge in [-0.3, -0.25) is 19.1 Å². The van der Waals surface area contributed by atoms with Gasteiger partial charge < -0.3 is 16.0 Å². The van der Waals surface area contributed by atoms with E-state index in [1.165, 1.54) is 22.9 Å². The van der Waals surface area contributed by atoms with Crippen molar-refractivity contribution in [2.75, 3.05) is 0 Å². The molecule has 184 valence electrons. The molecule has 2 aromatic carbocycles. The van der Waals surface area contributed by atoms with Gasteiger partial charge in [-0.05, 0) is 37.3 Å². The van der Waals surface area contributed by atoms with Crippen molar-refractivity contribution in [1.82, 2.24) is 20.0 Å². The van der Waals surface area contributed by atoms with Crippen LogP contribution in [0.2, 0.25) is 5.02 Å². The van der Waals surface area contributed by atoms with Gasteiger partial charge in [0.1, 0.15) is 24.4 Å². The van der Waals surface area contributed by atoms with Crippen LogP contribution in [0, 0.1) is 23.1 Å². The van der Waals surface area contributed by atoms with Gasteiger partial charge in [0.25, 0.3) is 5.91 Å². The Labute approximate surface area is 210 Å². The molecular formula is C25H22ClFN6O3. The van der Waals surface area contributed by atoms with Crippen LogP contribution in [-0.4, -0.2) is 44.5 Å². The Morgan fingerprint density at radius 3 is 2.75 bits per heavy atom. The lowest BCUT2D eigenvalue weighted by atomic mass is 9.97. The molecule has 1 saturated carbocycles. The summed E-state index contributed by atoms with van der Waals surface area (Å²) in [6.45, 7) is -0.189. The first-order valence-corrected chi connectivity index (χ1v) is 11.9. The number of carbonyl (C=O) groups excluding carboxylic acids is 3. The van der Waals surface area contributed by atoms with Crippen LogP contribution in [0.4, 0.5) is 4.39 Å². The molecule has 9 nitrogen and oxygen atoms in total. The third kappa shape index (κ3) is 3.95. The molecule has 2 aliphatic rings. The lowest BCUT2D eigenvalue weighted by Crippen LogP contribution is -2.54. The zero-order chi connectivity index (χ0) is 25.6. The number of nitrogens with two attached hydrogens (primary N) is 1. The van der Waals surface area contributed by atoms with Gasteiger partial charge in [0.15, 0.2) is 5.69 Å². The van der Waals surface area contributed by atoms with Crippen LogP contribution in [0.3, 0.4) is 0 Å². The number of carbonyl (C=O) groups is 3. The highest BCUT2D eigenvalue weighted by Crippen LogP contribution is 2.43. The van der Waals surface area contributed by atoms with Crippen LogP contribution >= 0.6 is 11.6 Å². The molecule has 3 aromatic rings. The molecule has 3 amide bonds. The summed E-state index contributed by atoms with van der Waals surface area (Å²) in [6.07, 6.45) is 2.20. The van der Waals surface area contributed by atoms with Crippen LogP contribution in [-0.2, 0) is 16.1 Å². The number of aromatic nitrogens is 2.